The smallest absolute Gasteiger partial charge is 0.296 e. The summed E-state index contributed by atoms with van der Waals surface area (Å²) in [6.45, 7) is -0.355. The number of benzene rings is 4. The minimum absolute atomic E-state index is 0.00496. The second-order valence-corrected chi connectivity index (χ2v) is 20.5. The fraction of sp³-hybridized carbons (Fsp3) is 0.182. The van der Waals surface area contributed by atoms with Crippen molar-refractivity contribution in [3.8, 4) is 11.5 Å². The van der Waals surface area contributed by atoms with Gasteiger partial charge in [-0.3, -0.25) is 18.2 Å². The van der Waals surface area contributed by atoms with Crippen molar-refractivity contribution in [2.24, 2.45) is 10.2 Å². The van der Waals surface area contributed by atoms with Crippen molar-refractivity contribution in [1.82, 2.24) is 15.0 Å². The van der Waals surface area contributed by atoms with Gasteiger partial charge in [0, 0.05) is 17.8 Å². The lowest BCUT2D eigenvalue weighted by Gasteiger charge is -2.16. The molecule has 1 heterocycles. The topological polar surface area (TPSA) is 375 Å². The monoisotopic (exact) mass is 1080 g/mol. The highest BCUT2D eigenvalue weighted by Gasteiger charge is 2.19. The number of nitrogens with one attached hydrogen (secondary N) is 2. The molecule has 0 aliphatic rings. The van der Waals surface area contributed by atoms with Crippen LogP contribution >= 0.6 is 58.0 Å². The van der Waals surface area contributed by atoms with Crippen LogP contribution in [0.2, 0.25) is 25.4 Å². The van der Waals surface area contributed by atoms with E-state index in [0.29, 0.717) is 0 Å². The van der Waals surface area contributed by atoms with E-state index in [2.05, 4.69) is 35.8 Å². The number of nitrogen functional groups attached to an aromatic ring is 2. The Kier molecular flexibility index (Phi) is 18.1. The largest absolute Gasteiger partial charge is 0.491 e. The van der Waals surface area contributed by atoms with Gasteiger partial charge in [0.05, 0.1) is 67.6 Å². The van der Waals surface area contributed by atoms with E-state index < -0.39 is 56.9 Å². The van der Waals surface area contributed by atoms with E-state index in [1.54, 1.807) is 0 Å². The van der Waals surface area contributed by atoms with Crippen LogP contribution in [0.4, 0.5) is 46.0 Å². The van der Waals surface area contributed by atoms with Gasteiger partial charge in [-0.2, -0.15) is 53.7 Å². The maximum absolute atomic E-state index is 11.6. The third-order valence-electron chi connectivity index (χ3n) is 7.56. The Morgan fingerprint density at radius 3 is 1.54 bits per heavy atom. The molecule has 10 N–H and O–H groups in total. The van der Waals surface area contributed by atoms with Gasteiger partial charge in [-0.15, -0.1) is 5.11 Å². The van der Waals surface area contributed by atoms with Crippen LogP contribution in [-0.2, 0) is 40.5 Å². The molecule has 32 heteroatoms. The molecule has 0 aliphatic carbocycles. The number of nitrogens with two attached hydrogens (primary N) is 2. The molecule has 0 fully saturated rings. The van der Waals surface area contributed by atoms with Crippen molar-refractivity contribution in [2.75, 3.05) is 46.8 Å². The van der Waals surface area contributed by atoms with Crippen LogP contribution in [-0.4, -0.2) is 91.6 Å². The molecule has 0 atom stereocenters. The molecule has 0 saturated heterocycles. The number of halogens is 5. The van der Waals surface area contributed by atoms with Crippen LogP contribution in [0.1, 0.15) is 12.8 Å². The lowest BCUT2D eigenvalue weighted by Crippen LogP contribution is -2.10. The van der Waals surface area contributed by atoms with Crippen molar-refractivity contribution < 1.29 is 61.4 Å². The molecule has 0 radical (unpaired) electrons. The zero-order chi connectivity index (χ0) is 48.5. The molecule has 0 unspecified atom stereocenters. The Morgan fingerprint density at radius 2 is 1.05 bits per heavy atom. The van der Waals surface area contributed by atoms with Crippen molar-refractivity contribution in [3.63, 3.8) is 0 Å². The van der Waals surface area contributed by atoms with Crippen LogP contribution in [0.15, 0.2) is 80.7 Å². The van der Waals surface area contributed by atoms with Gasteiger partial charge in [0.25, 0.3) is 40.5 Å². The lowest BCUT2D eigenvalue weighted by atomic mass is 10.2. The molecule has 5 aromatic rings. The summed E-state index contributed by atoms with van der Waals surface area (Å²) in [5, 5.41) is 13.2. The summed E-state index contributed by atoms with van der Waals surface area (Å²) in [4.78, 5) is 11.4. The summed E-state index contributed by atoms with van der Waals surface area (Å²) in [6, 6.07) is 12.7. The van der Waals surface area contributed by atoms with Crippen LogP contribution in [0, 0.1) is 0 Å². The first-order chi connectivity index (χ1) is 30.1. The Bertz CT molecular complexity index is 3070. The number of hydrogen-bond donors (Lipinski definition) is 8. The van der Waals surface area contributed by atoms with Crippen LogP contribution in [0.5, 0.6) is 11.5 Å². The van der Waals surface area contributed by atoms with Gasteiger partial charge < -0.3 is 31.6 Å². The van der Waals surface area contributed by atoms with Gasteiger partial charge in [-0.05, 0) is 73.0 Å². The second kappa shape index (κ2) is 22.2. The zero-order valence-corrected chi connectivity index (χ0v) is 39.3. The van der Waals surface area contributed by atoms with E-state index in [0.717, 1.165) is 12.1 Å². The molecule has 352 valence electrons. The summed E-state index contributed by atoms with van der Waals surface area (Å²) >= 11 is 30.2. The number of azo groups is 1. The summed E-state index contributed by atoms with van der Waals surface area (Å²) < 4.78 is 137. The fourth-order valence-electron chi connectivity index (χ4n) is 4.75. The Hall–Kier alpha value is -4.62. The first-order valence-electron chi connectivity index (χ1n) is 17.3. The van der Waals surface area contributed by atoms with Gasteiger partial charge in [-0.1, -0.05) is 46.4 Å². The van der Waals surface area contributed by atoms with Crippen molar-refractivity contribution >= 4 is 144 Å². The second-order valence-electron chi connectivity index (χ2n) is 12.6. The van der Waals surface area contributed by atoms with Crippen LogP contribution < -0.4 is 31.6 Å². The average molecular weight is 1080 g/mol. The van der Waals surface area contributed by atoms with Gasteiger partial charge in [-0.25, -0.2) is 0 Å². The molecule has 0 aliphatic heterocycles. The molecule has 5 rings (SSSR count). The summed E-state index contributed by atoms with van der Waals surface area (Å²) in [6.07, 6.45) is -0.178. The zero-order valence-electron chi connectivity index (χ0n) is 32.3. The molecule has 0 amide bonds. The van der Waals surface area contributed by atoms with E-state index >= 15 is 0 Å². The number of aromatic nitrogens is 3. The number of hydrogen-bond acceptors (Lipinski definition) is 19. The van der Waals surface area contributed by atoms with Crippen molar-refractivity contribution in [2.45, 2.75) is 22.6 Å². The third kappa shape index (κ3) is 17.3. The SMILES string of the molecule is Nc1cc(OCCCS(=O)(=O)O)c(Nc2nc(Cl)nc(Nc3cc(Cl)c(N=Nc4ccc(Cl)c(S(=O)(=O)O)c4)cc3OCCCS(=O)(=O)O)n2)cc1Cl.Nc1ccc(Cl)c(S(=O)(=O)O)c1. The summed E-state index contributed by atoms with van der Waals surface area (Å²) in [5.41, 5.74) is 11.8. The average Bonchev–Trinajstić information content (AvgIpc) is 3.17. The number of nitrogens with zero attached hydrogens (tertiary/aromatic N) is 5. The molecule has 0 spiro atoms. The Balaban J connectivity index is 0.000000665. The van der Waals surface area contributed by atoms with Crippen molar-refractivity contribution in [1.29, 1.82) is 0 Å². The number of ether oxygens (including phenoxy) is 2. The molecule has 0 saturated carbocycles. The first-order valence-corrected chi connectivity index (χ1v) is 25.3. The van der Waals surface area contributed by atoms with Crippen LogP contribution in [0.3, 0.4) is 0 Å². The fourth-order valence-corrected chi connectivity index (χ4v) is 8.25. The summed E-state index contributed by atoms with van der Waals surface area (Å²) in [5.74, 6) is -1.34. The quantitative estimate of drug-likeness (QED) is 0.0180. The van der Waals surface area contributed by atoms with E-state index in [-0.39, 0.29) is 114 Å². The predicted molar refractivity (Wildman–Crippen MR) is 243 cm³/mol. The van der Waals surface area contributed by atoms with E-state index in [9.17, 15) is 38.2 Å². The van der Waals surface area contributed by atoms with Crippen molar-refractivity contribution in [3.05, 3.63) is 86.0 Å². The highest BCUT2D eigenvalue weighted by Crippen LogP contribution is 2.40. The molecule has 4 aromatic carbocycles. The molecule has 65 heavy (non-hydrogen) atoms. The van der Waals surface area contributed by atoms with Gasteiger partial charge in [0.1, 0.15) is 27.0 Å². The van der Waals surface area contributed by atoms with Gasteiger partial charge in [0.15, 0.2) is 0 Å². The van der Waals surface area contributed by atoms with Crippen LogP contribution in [0.25, 0.3) is 0 Å². The molecule has 23 nitrogen and oxygen atoms in total. The Morgan fingerprint density at radius 1 is 0.569 bits per heavy atom. The standard InChI is InChI=1S/C27H26Cl4N8O11S3.C6H6ClNO3S/c28-15-4-3-14(9-24(15)53(46,47)48)38-39-19-13-23(50-6-2-8-52(43,44)45)21(11-17(19)30)34-27-36-25(31)35-26(37-27)33-20-10-16(29)18(32)12-22(20)49-5-1-7-51(40,41)42;7-5-2-1-4(8)3-6(5)12(9,10)11/h3-4,9-13H,1-2,5-8,32H2,(H,40,41,42)(H,43,44,45)(H,46,47,48)(H2,33,34,35,36,37);1-3H,8H2,(H,9,10,11). The van der Waals surface area contributed by atoms with Gasteiger partial charge >= 0.3 is 0 Å². The highest BCUT2D eigenvalue weighted by molar-refractivity contribution is 7.86. The maximum Gasteiger partial charge on any atom is 0.296 e. The minimum Gasteiger partial charge on any atom is -0.491 e. The maximum atomic E-state index is 11.6. The normalized spacial score (nSPS) is 12.1. The molecular formula is C33H32Cl5N9O14S4. The van der Waals surface area contributed by atoms with E-state index in [1.807, 2.05) is 0 Å². The third-order valence-corrected chi connectivity index (χ3v) is 12.6. The number of rotatable bonds is 18. The highest BCUT2D eigenvalue weighted by atomic mass is 35.5. The number of anilines is 6. The predicted octanol–water partition coefficient (Wildman–Crippen LogP) is 7.70. The van der Waals surface area contributed by atoms with Gasteiger partial charge in [0.2, 0.25) is 17.2 Å². The molecule has 0 bridgehead atoms. The van der Waals surface area contributed by atoms with E-state index in [1.165, 1.54) is 48.5 Å². The van der Waals surface area contributed by atoms with E-state index in [4.69, 9.17) is 92.6 Å². The molecule has 1 aromatic heterocycles. The Labute approximate surface area is 395 Å². The lowest BCUT2D eigenvalue weighted by molar-refractivity contribution is 0.317. The molecular weight excluding hydrogens is 1050 g/mol. The first kappa shape index (κ1) is 53.0. The summed E-state index contributed by atoms with van der Waals surface area (Å²) in [7, 11) is -17.4. The minimum atomic E-state index is -4.67.